The molecule has 0 aliphatic rings. The highest BCUT2D eigenvalue weighted by molar-refractivity contribution is 6.31. The predicted molar refractivity (Wildman–Crippen MR) is 135 cm³/mol. The number of aliphatic hydroxyl groups excluding tert-OH is 1. The first-order valence-corrected chi connectivity index (χ1v) is 11.1. The normalized spacial score (nSPS) is 10.6. The first-order valence-electron chi connectivity index (χ1n) is 10.3. The molecule has 0 atom stereocenters. The smallest absolute Gasteiger partial charge is 0.274 e. The number of pyridine rings is 2. The molecule has 0 radical (unpaired) electrons. The van der Waals surface area contributed by atoms with Crippen LogP contribution in [-0.4, -0.2) is 26.5 Å². The zero-order valence-corrected chi connectivity index (χ0v) is 19.5. The van der Waals surface area contributed by atoms with E-state index in [1.165, 1.54) is 41.1 Å². The molecule has 0 unspecified atom stereocenters. The molecule has 4 aromatic rings. The Morgan fingerprint density at radius 3 is 2.34 bits per heavy atom. The number of amides is 2. The van der Waals surface area contributed by atoms with Crippen LogP contribution >= 0.6 is 23.2 Å². The van der Waals surface area contributed by atoms with Crippen LogP contribution < -0.4 is 16.2 Å². The van der Waals surface area contributed by atoms with E-state index in [4.69, 9.17) is 23.2 Å². The summed E-state index contributed by atoms with van der Waals surface area (Å²) in [6.45, 7) is -0.485. The number of carbonyl (C=O) groups excluding carboxylic acids is 2. The number of hydrogen-bond donors (Lipinski definition) is 3. The highest BCUT2D eigenvalue weighted by Crippen LogP contribution is 2.28. The third-order valence-corrected chi connectivity index (χ3v) is 5.46. The molecule has 0 aliphatic carbocycles. The number of benzene rings is 2. The predicted octanol–water partition coefficient (Wildman–Crippen LogP) is 4.54. The lowest BCUT2D eigenvalue weighted by atomic mass is 10.0. The van der Waals surface area contributed by atoms with Crippen LogP contribution in [0, 0.1) is 0 Å². The number of anilines is 2. The van der Waals surface area contributed by atoms with Crippen LogP contribution in [0.25, 0.3) is 5.69 Å². The third kappa shape index (κ3) is 5.58. The van der Waals surface area contributed by atoms with Crippen LogP contribution in [0.2, 0.25) is 10.0 Å². The lowest BCUT2D eigenvalue weighted by Crippen LogP contribution is -2.21. The quantitative estimate of drug-likeness (QED) is 0.353. The van der Waals surface area contributed by atoms with E-state index in [0.29, 0.717) is 16.4 Å². The number of carbonyl (C=O) groups is 2. The molecule has 0 saturated carbocycles. The lowest BCUT2D eigenvalue weighted by Gasteiger charge is -2.16. The Balaban J connectivity index is 1.61. The fraction of sp³-hybridized carbons (Fsp3) is 0.0400. The Kier molecular flexibility index (Phi) is 7.26. The molecule has 176 valence electrons. The molecule has 4 rings (SSSR count). The van der Waals surface area contributed by atoms with Gasteiger partial charge in [-0.3, -0.25) is 19.0 Å². The highest BCUT2D eigenvalue weighted by atomic mass is 35.5. The molecule has 10 heteroatoms. The van der Waals surface area contributed by atoms with Gasteiger partial charge >= 0.3 is 0 Å². The Morgan fingerprint density at radius 1 is 0.914 bits per heavy atom. The van der Waals surface area contributed by atoms with Gasteiger partial charge < -0.3 is 15.7 Å². The van der Waals surface area contributed by atoms with Gasteiger partial charge in [-0.2, -0.15) is 0 Å². The van der Waals surface area contributed by atoms with Crippen molar-refractivity contribution in [3.05, 3.63) is 116 Å². The molecule has 2 amide bonds. The second kappa shape index (κ2) is 10.5. The second-order valence-electron chi connectivity index (χ2n) is 7.37. The van der Waals surface area contributed by atoms with Crippen molar-refractivity contribution >= 4 is 46.4 Å². The second-order valence-corrected chi connectivity index (χ2v) is 8.24. The van der Waals surface area contributed by atoms with Gasteiger partial charge in [0.15, 0.2) is 0 Å². The molecule has 35 heavy (non-hydrogen) atoms. The molecular formula is C25H18Cl2N4O4. The van der Waals surface area contributed by atoms with Crippen molar-refractivity contribution < 1.29 is 14.7 Å². The molecular weight excluding hydrogens is 491 g/mol. The third-order valence-electron chi connectivity index (χ3n) is 5.02. The summed E-state index contributed by atoms with van der Waals surface area (Å²) in [7, 11) is 0. The van der Waals surface area contributed by atoms with E-state index in [1.54, 1.807) is 42.6 Å². The number of nitrogens with zero attached hydrogens (tertiary/aromatic N) is 2. The minimum atomic E-state index is -0.584. The lowest BCUT2D eigenvalue weighted by molar-refractivity contribution is 0.102. The van der Waals surface area contributed by atoms with Crippen LogP contribution in [-0.2, 0) is 6.61 Å². The number of halogens is 2. The first kappa shape index (κ1) is 24.2. The van der Waals surface area contributed by atoms with Crippen LogP contribution in [0.4, 0.5) is 11.4 Å². The van der Waals surface area contributed by atoms with E-state index < -0.39 is 18.4 Å². The summed E-state index contributed by atoms with van der Waals surface area (Å²) in [5, 5.41) is 15.8. The maximum Gasteiger partial charge on any atom is 0.274 e. The molecule has 0 spiro atoms. The molecule has 0 saturated heterocycles. The van der Waals surface area contributed by atoms with Gasteiger partial charge in [0.1, 0.15) is 5.69 Å². The van der Waals surface area contributed by atoms with Gasteiger partial charge in [0.05, 0.1) is 22.9 Å². The summed E-state index contributed by atoms with van der Waals surface area (Å²) in [5.74, 6) is -1.16. The van der Waals surface area contributed by atoms with Gasteiger partial charge in [-0.05, 0) is 60.2 Å². The number of aliphatic hydroxyl groups is 1. The van der Waals surface area contributed by atoms with E-state index in [2.05, 4.69) is 15.6 Å². The van der Waals surface area contributed by atoms with Crippen LogP contribution in [0.15, 0.2) is 83.9 Å². The summed E-state index contributed by atoms with van der Waals surface area (Å²) in [6, 6.07) is 17.3. The Labute approximate surface area is 209 Å². The molecule has 0 aliphatic heterocycles. The van der Waals surface area contributed by atoms with Gasteiger partial charge in [0, 0.05) is 34.9 Å². The van der Waals surface area contributed by atoms with Gasteiger partial charge in [-0.1, -0.05) is 29.3 Å². The van der Waals surface area contributed by atoms with E-state index in [0.717, 1.165) is 0 Å². The number of hydrogen-bond acceptors (Lipinski definition) is 5. The summed E-state index contributed by atoms with van der Waals surface area (Å²) >= 11 is 12.0. The summed E-state index contributed by atoms with van der Waals surface area (Å²) < 4.78 is 1.47. The van der Waals surface area contributed by atoms with Crippen LogP contribution in [0.1, 0.15) is 26.4 Å². The van der Waals surface area contributed by atoms with Gasteiger partial charge in [-0.15, -0.1) is 0 Å². The maximum absolute atomic E-state index is 13.2. The topological polar surface area (TPSA) is 113 Å². The first-order chi connectivity index (χ1) is 16.9. The number of nitrogens with one attached hydrogen (secondary N) is 2. The maximum atomic E-state index is 13.2. The largest absolute Gasteiger partial charge is 0.392 e. The Hall–Kier alpha value is -3.98. The van der Waals surface area contributed by atoms with E-state index in [9.17, 15) is 19.5 Å². The average Bonchev–Trinajstić information content (AvgIpc) is 2.84. The van der Waals surface area contributed by atoms with E-state index in [1.807, 2.05) is 0 Å². The van der Waals surface area contributed by atoms with Crippen molar-refractivity contribution in [1.29, 1.82) is 0 Å². The van der Waals surface area contributed by atoms with E-state index in [-0.39, 0.29) is 33.1 Å². The molecule has 3 N–H and O–H groups in total. The van der Waals surface area contributed by atoms with Gasteiger partial charge in [0.25, 0.3) is 17.4 Å². The van der Waals surface area contributed by atoms with Crippen molar-refractivity contribution in [2.45, 2.75) is 6.61 Å². The molecule has 0 fully saturated rings. The van der Waals surface area contributed by atoms with Crippen LogP contribution in [0.3, 0.4) is 0 Å². The van der Waals surface area contributed by atoms with Crippen LogP contribution in [0.5, 0.6) is 0 Å². The monoisotopic (exact) mass is 508 g/mol. The van der Waals surface area contributed by atoms with Crippen molar-refractivity contribution in [3.63, 3.8) is 0 Å². The minimum Gasteiger partial charge on any atom is -0.392 e. The Morgan fingerprint density at radius 2 is 1.69 bits per heavy atom. The average molecular weight is 509 g/mol. The summed E-state index contributed by atoms with van der Waals surface area (Å²) in [6.07, 6.45) is 2.97. The summed E-state index contributed by atoms with van der Waals surface area (Å²) in [4.78, 5) is 41.9. The molecule has 2 heterocycles. The standard InChI is InChI=1S/C25H18Cl2N4O4/c26-16-4-9-20(28-13-16)24(34)30-21-12-17(27)11-15(14-32)23(21)25(35)29-18-5-7-19(8-6-18)31-10-2-1-3-22(31)33/h1-13,32H,14H2,(H,29,35)(H,30,34). The summed E-state index contributed by atoms with van der Waals surface area (Å²) in [5.41, 5.74) is 1.34. The van der Waals surface area contributed by atoms with Crippen molar-refractivity contribution in [2.24, 2.45) is 0 Å². The van der Waals surface area contributed by atoms with Crippen molar-refractivity contribution in [1.82, 2.24) is 9.55 Å². The van der Waals surface area contributed by atoms with Crippen molar-refractivity contribution in [2.75, 3.05) is 10.6 Å². The zero-order valence-electron chi connectivity index (χ0n) is 18.0. The highest BCUT2D eigenvalue weighted by Gasteiger charge is 2.20. The minimum absolute atomic E-state index is 0.0440. The van der Waals surface area contributed by atoms with Gasteiger partial charge in [0.2, 0.25) is 0 Å². The SMILES string of the molecule is O=C(Nc1cc(Cl)cc(CO)c1C(=O)Nc1ccc(-n2ccccc2=O)cc1)c1ccc(Cl)cn1. The van der Waals surface area contributed by atoms with E-state index >= 15 is 0 Å². The molecule has 2 aromatic heterocycles. The number of rotatable bonds is 6. The molecule has 2 aromatic carbocycles. The molecule has 8 nitrogen and oxygen atoms in total. The van der Waals surface area contributed by atoms with Gasteiger partial charge in [-0.25, -0.2) is 4.98 Å². The Bertz CT molecular complexity index is 1450. The zero-order chi connectivity index (χ0) is 24.9. The molecule has 0 bridgehead atoms. The number of aromatic nitrogens is 2. The van der Waals surface area contributed by atoms with Crippen molar-refractivity contribution in [3.8, 4) is 5.69 Å². The fourth-order valence-electron chi connectivity index (χ4n) is 3.39. The fourth-order valence-corrected chi connectivity index (χ4v) is 3.74.